The lowest BCUT2D eigenvalue weighted by Crippen LogP contribution is -2.44. The number of piperazine rings is 1. The van der Waals surface area contributed by atoms with Crippen molar-refractivity contribution in [3.63, 3.8) is 0 Å². The molecular weight excluding hydrogens is 232 g/mol. The zero-order valence-electron chi connectivity index (χ0n) is 13.5. The summed E-state index contributed by atoms with van der Waals surface area (Å²) in [5.41, 5.74) is 3.03. The van der Waals surface area contributed by atoms with Gasteiger partial charge in [-0.2, -0.15) is 0 Å². The maximum Gasteiger partial charge on any atom is 0.0367 e. The fourth-order valence-electron chi connectivity index (χ4n) is 2.24. The monoisotopic (exact) mass is 262 g/mol. The van der Waals surface area contributed by atoms with Gasteiger partial charge in [-0.1, -0.05) is 46.8 Å². The minimum absolute atomic E-state index is 0.251. The van der Waals surface area contributed by atoms with Gasteiger partial charge in [0.2, 0.25) is 0 Å². The van der Waals surface area contributed by atoms with Crippen LogP contribution in [0, 0.1) is 0 Å². The van der Waals surface area contributed by atoms with Crippen molar-refractivity contribution < 1.29 is 0 Å². The molecule has 19 heavy (non-hydrogen) atoms. The second kappa shape index (κ2) is 6.95. The maximum absolute atomic E-state index is 2.48. The van der Waals surface area contributed by atoms with Gasteiger partial charge in [0.25, 0.3) is 0 Å². The molecule has 1 heterocycles. The van der Waals surface area contributed by atoms with Gasteiger partial charge in [-0.15, -0.1) is 0 Å². The Morgan fingerprint density at radius 1 is 0.842 bits per heavy atom. The molecule has 0 bridgehead atoms. The van der Waals surface area contributed by atoms with Gasteiger partial charge in [-0.3, -0.25) is 0 Å². The molecule has 0 aliphatic carbocycles. The van der Waals surface area contributed by atoms with Gasteiger partial charge in [-0.05, 0) is 30.2 Å². The summed E-state index contributed by atoms with van der Waals surface area (Å²) < 4.78 is 0. The van der Waals surface area contributed by atoms with Crippen molar-refractivity contribution in [2.75, 3.05) is 38.1 Å². The number of anilines is 1. The summed E-state index contributed by atoms with van der Waals surface area (Å²) in [6, 6.07) is 9.08. The van der Waals surface area contributed by atoms with Gasteiger partial charge in [0.05, 0.1) is 0 Å². The summed E-state index contributed by atoms with van der Waals surface area (Å²) in [4.78, 5) is 4.87. The molecule has 0 atom stereocenters. The number of likely N-dealkylation sites (N-methyl/N-ethyl adjacent to an activating group) is 1. The molecule has 1 aliphatic rings. The molecule has 0 aromatic heterocycles. The zero-order valence-corrected chi connectivity index (χ0v) is 13.5. The van der Waals surface area contributed by atoms with Crippen LogP contribution in [0.25, 0.3) is 0 Å². The van der Waals surface area contributed by atoms with Gasteiger partial charge >= 0.3 is 0 Å². The van der Waals surface area contributed by atoms with Crippen LogP contribution in [0.4, 0.5) is 5.69 Å². The highest BCUT2D eigenvalue weighted by Crippen LogP contribution is 2.25. The highest BCUT2D eigenvalue weighted by atomic mass is 15.2. The average Bonchev–Trinajstić information content (AvgIpc) is 2.41. The molecule has 0 N–H and O–H groups in total. The lowest BCUT2D eigenvalue weighted by Gasteiger charge is -2.34. The van der Waals surface area contributed by atoms with E-state index in [1.807, 2.05) is 13.8 Å². The third kappa shape index (κ3) is 4.54. The third-order valence-corrected chi connectivity index (χ3v) is 3.60. The number of nitrogens with zero attached hydrogens (tertiary/aromatic N) is 2. The van der Waals surface area contributed by atoms with Crippen molar-refractivity contribution in [2.24, 2.45) is 0 Å². The second-order valence-electron chi connectivity index (χ2n) is 6.09. The van der Waals surface area contributed by atoms with Gasteiger partial charge < -0.3 is 9.80 Å². The molecule has 0 unspecified atom stereocenters. The van der Waals surface area contributed by atoms with Crippen LogP contribution in [-0.4, -0.2) is 38.1 Å². The fourth-order valence-corrected chi connectivity index (χ4v) is 2.24. The van der Waals surface area contributed by atoms with E-state index in [0.29, 0.717) is 0 Å². The predicted octanol–water partition coefficient (Wildman–Crippen LogP) is 3.76. The standard InChI is InChI=1S/C15H24N2.C2H6/c1-15(2,3)13-5-7-14(8-6-13)17-11-9-16(4)10-12-17;1-2/h5-8H,9-12H2,1-4H3;1-2H3. The Kier molecular flexibility index (Phi) is 5.86. The van der Waals surface area contributed by atoms with E-state index in [-0.39, 0.29) is 5.41 Å². The summed E-state index contributed by atoms with van der Waals surface area (Å²) in [7, 11) is 2.19. The van der Waals surface area contributed by atoms with Crippen molar-refractivity contribution in [3.8, 4) is 0 Å². The fraction of sp³-hybridized carbons (Fsp3) is 0.647. The van der Waals surface area contributed by atoms with E-state index in [2.05, 4.69) is 61.9 Å². The largest absolute Gasteiger partial charge is 0.369 e. The molecule has 2 rings (SSSR count). The molecule has 0 spiro atoms. The molecule has 2 nitrogen and oxygen atoms in total. The van der Waals surface area contributed by atoms with E-state index in [4.69, 9.17) is 0 Å². The lowest BCUT2D eigenvalue weighted by molar-refractivity contribution is 0.313. The van der Waals surface area contributed by atoms with Crippen molar-refractivity contribution in [1.29, 1.82) is 0 Å². The maximum atomic E-state index is 2.48. The molecule has 1 saturated heterocycles. The lowest BCUT2D eigenvalue weighted by atomic mass is 9.87. The van der Waals surface area contributed by atoms with E-state index < -0.39 is 0 Å². The first kappa shape index (κ1) is 16.0. The third-order valence-electron chi connectivity index (χ3n) is 3.60. The van der Waals surface area contributed by atoms with E-state index in [1.165, 1.54) is 24.3 Å². The molecule has 2 heteroatoms. The highest BCUT2D eigenvalue weighted by molar-refractivity contribution is 5.49. The van der Waals surface area contributed by atoms with E-state index in [0.717, 1.165) is 13.1 Å². The minimum atomic E-state index is 0.251. The van der Waals surface area contributed by atoms with Crippen LogP contribution in [0.2, 0.25) is 0 Å². The summed E-state index contributed by atoms with van der Waals surface area (Å²) >= 11 is 0. The molecule has 108 valence electrons. The highest BCUT2D eigenvalue weighted by Gasteiger charge is 2.16. The van der Waals surface area contributed by atoms with E-state index in [1.54, 1.807) is 0 Å². The van der Waals surface area contributed by atoms with E-state index in [9.17, 15) is 0 Å². The Labute approximate surface area is 119 Å². The topological polar surface area (TPSA) is 6.48 Å². The molecule has 1 fully saturated rings. The quantitative estimate of drug-likeness (QED) is 0.760. The normalized spacial score (nSPS) is 16.8. The number of benzene rings is 1. The number of hydrogen-bond acceptors (Lipinski definition) is 2. The van der Waals surface area contributed by atoms with Crippen molar-refractivity contribution >= 4 is 5.69 Å². The van der Waals surface area contributed by atoms with Gasteiger partial charge in [0.1, 0.15) is 0 Å². The summed E-state index contributed by atoms with van der Waals surface area (Å²) in [5.74, 6) is 0. The van der Waals surface area contributed by atoms with Crippen LogP contribution >= 0.6 is 0 Å². The second-order valence-corrected chi connectivity index (χ2v) is 6.09. The summed E-state index contributed by atoms with van der Waals surface area (Å²) in [6.07, 6.45) is 0. The first-order valence-corrected chi connectivity index (χ1v) is 7.51. The molecule has 0 radical (unpaired) electrons. The average molecular weight is 262 g/mol. The van der Waals surface area contributed by atoms with Crippen LogP contribution < -0.4 is 4.90 Å². The Morgan fingerprint density at radius 2 is 1.32 bits per heavy atom. The van der Waals surface area contributed by atoms with Crippen molar-refractivity contribution in [1.82, 2.24) is 4.90 Å². The molecule has 0 saturated carbocycles. The smallest absolute Gasteiger partial charge is 0.0367 e. The van der Waals surface area contributed by atoms with Crippen molar-refractivity contribution in [2.45, 2.75) is 40.0 Å². The Bertz CT molecular complexity index is 354. The van der Waals surface area contributed by atoms with Crippen LogP contribution in [0.5, 0.6) is 0 Å². The van der Waals surface area contributed by atoms with Crippen LogP contribution in [-0.2, 0) is 5.41 Å². The van der Waals surface area contributed by atoms with Crippen LogP contribution in [0.3, 0.4) is 0 Å². The number of rotatable bonds is 1. The minimum Gasteiger partial charge on any atom is -0.369 e. The number of hydrogen-bond donors (Lipinski definition) is 0. The molecule has 1 aromatic carbocycles. The first-order valence-electron chi connectivity index (χ1n) is 7.51. The predicted molar refractivity (Wildman–Crippen MR) is 86.2 cm³/mol. The Morgan fingerprint density at radius 3 is 1.74 bits per heavy atom. The molecule has 1 aliphatic heterocycles. The van der Waals surface area contributed by atoms with Crippen molar-refractivity contribution in [3.05, 3.63) is 29.8 Å². The first-order chi connectivity index (χ1) is 8.97. The summed E-state index contributed by atoms with van der Waals surface area (Å²) in [5, 5.41) is 0. The zero-order chi connectivity index (χ0) is 14.5. The molecule has 0 amide bonds. The van der Waals surface area contributed by atoms with Crippen LogP contribution in [0.1, 0.15) is 40.2 Å². The van der Waals surface area contributed by atoms with Crippen LogP contribution in [0.15, 0.2) is 24.3 Å². The SMILES string of the molecule is CC.CN1CCN(c2ccc(C(C)(C)C)cc2)CC1. The van der Waals surface area contributed by atoms with Gasteiger partial charge in [0.15, 0.2) is 0 Å². The summed E-state index contributed by atoms with van der Waals surface area (Å²) in [6.45, 7) is 15.4. The Balaban J connectivity index is 0.000000861. The van der Waals surface area contributed by atoms with Gasteiger partial charge in [-0.25, -0.2) is 0 Å². The Hall–Kier alpha value is -1.02. The van der Waals surface area contributed by atoms with Gasteiger partial charge in [0, 0.05) is 31.9 Å². The molecule has 1 aromatic rings. The van der Waals surface area contributed by atoms with E-state index >= 15 is 0 Å². The molecular formula is C17H30N2.